The fourth-order valence-corrected chi connectivity index (χ4v) is 3.61. The van der Waals surface area contributed by atoms with Crippen LogP contribution in [0.15, 0.2) is 23.1 Å². The van der Waals surface area contributed by atoms with Crippen molar-refractivity contribution in [2.45, 2.75) is 36.6 Å². The molecule has 5 nitrogen and oxygen atoms in total. The number of thioether (sulfide) groups is 1. The van der Waals surface area contributed by atoms with Crippen molar-refractivity contribution in [2.24, 2.45) is 5.73 Å². The second kappa shape index (κ2) is 7.81. The minimum atomic E-state index is -0.865. The van der Waals surface area contributed by atoms with Crippen LogP contribution >= 0.6 is 11.8 Å². The number of hydrogen-bond donors (Lipinski definition) is 2. The maximum Gasteiger partial charge on any atom is 0.492 e. The lowest BCUT2D eigenvalue weighted by Crippen LogP contribution is -2.28. The molecule has 1 aromatic carbocycles. The lowest BCUT2D eigenvalue weighted by Gasteiger charge is -2.22. The normalized spacial score (nSPS) is 24.5. The second-order valence-electron chi connectivity index (χ2n) is 5.52. The summed E-state index contributed by atoms with van der Waals surface area (Å²) in [6, 6.07) is 6.03. The average molecular weight is 323 g/mol. The van der Waals surface area contributed by atoms with Crippen molar-refractivity contribution in [3.05, 3.63) is 23.8 Å². The van der Waals surface area contributed by atoms with Crippen molar-refractivity contribution in [3.8, 4) is 0 Å². The molecule has 1 fully saturated rings. The lowest BCUT2D eigenvalue weighted by molar-refractivity contribution is -0.158. The summed E-state index contributed by atoms with van der Waals surface area (Å²) in [5, 5.41) is 9.92. The van der Waals surface area contributed by atoms with Gasteiger partial charge in [-0.1, -0.05) is 6.07 Å². The molecule has 7 heteroatoms. The van der Waals surface area contributed by atoms with Gasteiger partial charge in [0.25, 0.3) is 0 Å². The van der Waals surface area contributed by atoms with E-state index in [0.29, 0.717) is 13.2 Å². The molecule has 2 atom stereocenters. The first-order valence-electron chi connectivity index (χ1n) is 7.81. The van der Waals surface area contributed by atoms with Crippen molar-refractivity contribution in [1.29, 1.82) is 0 Å². The molecule has 120 valence electrons. The largest absolute Gasteiger partial charge is 0.492 e. The molecule has 0 bridgehead atoms. The van der Waals surface area contributed by atoms with Crippen LogP contribution in [-0.4, -0.2) is 43.9 Å². The van der Waals surface area contributed by atoms with Crippen LogP contribution in [0.5, 0.6) is 0 Å². The predicted molar refractivity (Wildman–Crippen MR) is 87.2 cm³/mol. The monoisotopic (exact) mass is 323 g/mol. The molecule has 2 heterocycles. The third-order valence-electron chi connectivity index (χ3n) is 3.97. The molecular formula is C15H22BNO4S. The minimum absolute atomic E-state index is 0.0325. The van der Waals surface area contributed by atoms with Gasteiger partial charge >= 0.3 is 7.12 Å². The molecule has 0 aromatic heterocycles. The molecule has 2 aliphatic rings. The lowest BCUT2D eigenvalue weighted by atomic mass is 9.79. The number of nitrogens with two attached hydrogens (primary N) is 1. The summed E-state index contributed by atoms with van der Waals surface area (Å²) >= 11 is 1.71. The van der Waals surface area contributed by atoms with Crippen LogP contribution in [0.4, 0.5) is 0 Å². The Bertz CT molecular complexity index is 498. The first kappa shape index (κ1) is 16.3. The van der Waals surface area contributed by atoms with E-state index in [1.807, 2.05) is 18.2 Å². The highest BCUT2D eigenvalue weighted by molar-refractivity contribution is 7.99. The van der Waals surface area contributed by atoms with Gasteiger partial charge in [-0.15, -0.1) is 11.8 Å². The Morgan fingerprint density at radius 1 is 1.41 bits per heavy atom. The fourth-order valence-electron chi connectivity index (χ4n) is 2.82. The van der Waals surface area contributed by atoms with Crippen LogP contribution in [0, 0.1) is 0 Å². The molecular weight excluding hydrogens is 301 g/mol. The zero-order chi connectivity index (χ0) is 15.4. The van der Waals surface area contributed by atoms with E-state index in [4.69, 9.17) is 19.9 Å². The first-order chi connectivity index (χ1) is 10.8. The highest BCUT2D eigenvalue weighted by Gasteiger charge is 2.34. The third-order valence-corrected chi connectivity index (χ3v) is 4.93. The molecule has 2 aliphatic heterocycles. The van der Waals surface area contributed by atoms with Crippen LogP contribution in [0.3, 0.4) is 0 Å². The van der Waals surface area contributed by atoms with E-state index < -0.39 is 7.12 Å². The van der Waals surface area contributed by atoms with E-state index in [1.54, 1.807) is 11.8 Å². The summed E-state index contributed by atoms with van der Waals surface area (Å²) in [4.78, 5) is 1.10. The van der Waals surface area contributed by atoms with Gasteiger partial charge in [-0.2, -0.15) is 0 Å². The number of benzene rings is 1. The molecule has 0 aliphatic carbocycles. The van der Waals surface area contributed by atoms with Gasteiger partial charge in [0.1, 0.15) is 0 Å². The number of rotatable bonds is 6. The summed E-state index contributed by atoms with van der Waals surface area (Å²) in [6.07, 6.45) is 3.08. The fraction of sp³-hybridized carbons (Fsp3) is 0.600. The third kappa shape index (κ3) is 3.85. The van der Waals surface area contributed by atoms with Crippen molar-refractivity contribution in [2.75, 3.05) is 25.5 Å². The Hall–Kier alpha value is -0.565. The van der Waals surface area contributed by atoms with Gasteiger partial charge in [0.05, 0.1) is 12.7 Å². The van der Waals surface area contributed by atoms with Gasteiger partial charge in [-0.3, -0.25) is 0 Å². The SMILES string of the molecule is NCC1OB(O)c2cc(SCCOC3CCCCO3)ccc21. The molecule has 3 N–H and O–H groups in total. The van der Waals surface area contributed by atoms with Crippen LogP contribution in [0.25, 0.3) is 0 Å². The number of hydrogen-bond acceptors (Lipinski definition) is 6. The molecule has 22 heavy (non-hydrogen) atoms. The predicted octanol–water partition coefficient (Wildman–Crippen LogP) is 1.04. The van der Waals surface area contributed by atoms with Crippen molar-refractivity contribution in [1.82, 2.24) is 0 Å². The molecule has 2 unspecified atom stereocenters. The van der Waals surface area contributed by atoms with Crippen LogP contribution in [0.1, 0.15) is 30.9 Å². The summed E-state index contributed by atoms with van der Waals surface area (Å²) in [5.74, 6) is 0.857. The smallest absolute Gasteiger partial charge is 0.423 e. The van der Waals surface area contributed by atoms with E-state index in [1.165, 1.54) is 6.42 Å². The zero-order valence-corrected chi connectivity index (χ0v) is 13.4. The maximum atomic E-state index is 9.92. The molecule has 1 aromatic rings. The molecule has 0 radical (unpaired) electrons. The minimum Gasteiger partial charge on any atom is -0.423 e. The average Bonchev–Trinajstić information content (AvgIpc) is 2.88. The number of ether oxygens (including phenoxy) is 2. The Morgan fingerprint density at radius 3 is 3.09 bits per heavy atom. The van der Waals surface area contributed by atoms with Gasteiger partial charge in [0.2, 0.25) is 0 Å². The van der Waals surface area contributed by atoms with Crippen molar-refractivity contribution in [3.63, 3.8) is 0 Å². The van der Waals surface area contributed by atoms with E-state index >= 15 is 0 Å². The van der Waals surface area contributed by atoms with Crippen LogP contribution < -0.4 is 11.2 Å². The van der Waals surface area contributed by atoms with Gasteiger partial charge in [-0.25, -0.2) is 0 Å². The van der Waals surface area contributed by atoms with E-state index in [9.17, 15) is 5.02 Å². The summed E-state index contributed by atoms with van der Waals surface area (Å²) < 4.78 is 16.7. The quantitative estimate of drug-likeness (QED) is 0.463. The Morgan fingerprint density at radius 2 is 2.32 bits per heavy atom. The zero-order valence-electron chi connectivity index (χ0n) is 12.6. The first-order valence-corrected chi connectivity index (χ1v) is 8.80. The van der Waals surface area contributed by atoms with Crippen molar-refractivity contribution < 1.29 is 19.2 Å². The van der Waals surface area contributed by atoms with Crippen molar-refractivity contribution >= 4 is 24.3 Å². The number of fused-ring (bicyclic) bond motifs is 1. The summed E-state index contributed by atoms with van der Waals surface area (Å²) in [6.45, 7) is 1.85. The van der Waals surface area contributed by atoms with Gasteiger partial charge in [-0.05, 0) is 42.4 Å². The van der Waals surface area contributed by atoms with Crippen LogP contribution in [0.2, 0.25) is 0 Å². The van der Waals surface area contributed by atoms with E-state index in [-0.39, 0.29) is 12.4 Å². The van der Waals surface area contributed by atoms with Gasteiger partial charge < -0.3 is 24.9 Å². The van der Waals surface area contributed by atoms with E-state index in [2.05, 4.69) is 0 Å². The van der Waals surface area contributed by atoms with Gasteiger partial charge in [0.15, 0.2) is 6.29 Å². The Labute approximate surface area is 135 Å². The van der Waals surface area contributed by atoms with E-state index in [0.717, 1.165) is 41.1 Å². The topological polar surface area (TPSA) is 73.9 Å². The second-order valence-corrected chi connectivity index (χ2v) is 6.69. The molecule has 0 amide bonds. The molecule has 0 saturated carbocycles. The van der Waals surface area contributed by atoms with Crippen LogP contribution in [-0.2, 0) is 14.1 Å². The molecule has 3 rings (SSSR count). The highest BCUT2D eigenvalue weighted by atomic mass is 32.2. The highest BCUT2D eigenvalue weighted by Crippen LogP contribution is 2.26. The molecule has 0 spiro atoms. The molecule has 1 saturated heterocycles. The Balaban J connectivity index is 1.48. The standard InChI is InChI=1S/C15H22BNO4S/c17-10-14-12-5-4-11(9-13(12)16(18)21-14)22-8-7-20-15-3-1-2-6-19-15/h4-5,9,14-15,18H,1-3,6-8,10,17H2. The summed E-state index contributed by atoms with van der Waals surface area (Å²) in [7, 11) is -0.865. The van der Waals surface area contributed by atoms with Gasteiger partial charge in [0, 0.05) is 23.8 Å². The maximum absolute atomic E-state index is 9.92. The summed E-state index contributed by atoms with van der Waals surface area (Å²) in [5.41, 5.74) is 7.47. The Kier molecular flexibility index (Phi) is 5.79.